The van der Waals surface area contributed by atoms with Crippen molar-refractivity contribution in [1.29, 1.82) is 0 Å². The van der Waals surface area contributed by atoms with Crippen LogP contribution in [0.5, 0.6) is 0 Å². The Morgan fingerprint density at radius 1 is 1.54 bits per heavy atom. The molecule has 0 bridgehead atoms. The molecule has 1 aliphatic rings. The number of carboxylic acid groups (broad SMARTS) is 1. The zero-order chi connectivity index (χ0) is 17.7. The maximum Gasteiger partial charge on any atom is 0.326 e. The topological polar surface area (TPSA) is 141 Å². The molecular weight excluding hydrogens is 334 g/mol. The third-order valence-electron chi connectivity index (χ3n) is 3.95. The van der Waals surface area contributed by atoms with Crippen LogP contribution in [0.1, 0.15) is 18.5 Å². The Kier molecular flexibility index (Phi) is 6.21. The quantitative estimate of drug-likeness (QED) is 0.388. The fraction of sp³-hybridized carbons (Fsp3) is 0.571. The number of amides is 2. The number of H-pyrrole nitrogens is 1. The fourth-order valence-electron chi connectivity index (χ4n) is 2.67. The lowest BCUT2D eigenvalue weighted by molar-refractivity contribution is -0.149. The number of aromatic nitrogens is 2. The first-order chi connectivity index (χ1) is 11.4. The predicted molar refractivity (Wildman–Crippen MR) is 88.4 cm³/mol. The average Bonchev–Trinajstić information content (AvgIpc) is 3.23. The fourth-order valence-corrected chi connectivity index (χ4v) is 2.83. The predicted octanol–water partition coefficient (Wildman–Crippen LogP) is -1.23. The summed E-state index contributed by atoms with van der Waals surface area (Å²) in [6.45, 7) is 0.351. The molecule has 10 heteroatoms. The number of rotatable bonds is 7. The van der Waals surface area contributed by atoms with Crippen LogP contribution >= 0.6 is 12.6 Å². The SMILES string of the molecule is NC(CS)C(=O)NC(Cc1cnc[nH]1)C(=O)N1CCCC1C(=O)O. The van der Waals surface area contributed by atoms with Gasteiger partial charge in [-0.2, -0.15) is 12.6 Å². The monoisotopic (exact) mass is 355 g/mol. The van der Waals surface area contributed by atoms with Gasteiger partial charge in [0.2, 0.25) is 11.8 Å². The van der Waals surface area contributed by atoms with Crippen LogP contribution in [-0.4, -0.2) is 68.2 Å². The highest BCUT2D eigenvalue weighted by Crippen LogP contribution is 2.19. The highest BCUT2D eigenvalue weighted by Gasteiger charge is 2.38. The Balaban J connectivity index is 2.16. The van der Waals surface area contributed by atoms with Crippen molar-refractivity contribution >= 4 is 30.4 Å². The van der Waals surface area contributed by atoms with Crippen LogP contribution in [-0.2, 0) is 20.8 Å². The van der Waals surface area contributed by atoms with Gasteiger partial charge in [-0.15, -0.1) is 0 Å². The molecule has 2 heterocycles. The van der Waals surface area contributed by atoms with Gasteiger partial charge in [0.05, 0.1) is 12.4 Å². The number of nitrogens with one attached hydrogen (secondary N) is 2. The van der Waals surface area contributed by atoms with E-state index in [0.29, 0.717) is 25.1 Å². The molecule has 9 nitrogen and oxygen atoms in total. The first kappa shape index (κ1) is 18.3. The minimum Gasteiger partial charge on any atom is -0.480 e. The van der Waals surface area contributed by atoms with Crippen LogP contribution in [0.4, 0.5) is 0 Å². The molecule has 3 unspecified atom stereocenters. The maximum absolute atomic E-state index is 12.8. The Bertz CT molecular complexity index is 594. The zero-order valence-electron chi connectivity index (χ0n) is 13.0. The summed E-state index contributed by atoms with van der Waals surface area (Å²) >= 11 is 3.97. The smallest absolute Gasteiger partial charge is 0.326 e. The van der Waals surface area contributed by atoms with Gasteiger partial charge in [0.1, 0.15) is 12.1 Å². The summed E-state index contributed by atoms with van der Waals surface area (Å²) < 4.78 is 0. The lowest BCUT2D eigenvalue weighted by Gasteiger charge is -2.27. The number of thiol groups is 1. The van der Waals surface area contributed by atoms with Gasteiger partial charge in [0.15, 0.2) is 0 Å². The van der Waals surface area contributed by atoms with E-state index in [1.165, 1.54) is 11.2 Å². The molecular formula is C14H21N5O4S. The van der Waals surface area contributed by atoms with Crippen molar-refractivity contribution < 1.29 is 19.5 Å². The van der Waals surface area contributed by atoms with Gasteiger partial charge in [-0.25, -0.2) is 9.78 Å². The number of carbonyl (C=O) groups is 3. The molecule has 0 aromatic carbocycles. The first-order valence-corrected chi connectivity index (χ1v) is 8.24. The highest BCUT2D eigenvalue weighted by molar-refractivity contribution is 7.80. The molecule has 1 aliphatic heterocycles. The average molecular weight is 355 g/mol. The second kappa shape index (κ2) is 8.15. The van der Waals surface area contributed by atoms with E-state index in [4.69, 9.17) is 5.73 Å². The van der Waals surface area contributed by atoms with Gasteiger partial charge >= 0.3 is 5.97 Å². The van der Waals surface area contributed by atoms with Crippen molar-refractivity contribution in [3.63, 3.8) is 0 Å². The second-order valence-corrected chi connectivity index (χ2v) is 6.02. The van der Waals surface area contributed by atoms with E-state index >= 15 is 0 Å². The first-order valence-electron chi connectivity index (χ1n) is 7.61. The van der Waals surface area contributed by atoms with Crippen molar-refractivity contribution in [2.24, 2.45) is 5.73 Å². The normalized spacial score (nSPS) is 19.8. The van der Waals surface area contributed by atoms with Crippen LogP contribution in [0, 0.1) is 0 Å². The van der Waals surface area contributed by atoms with Crippen molar-refractivity contribution in [2.45, 2.75) is 37.4 Å². The molecule has 0 radical (unpaired) electrons. The molecule has 3 atom stereocenters. The van der Waals surface area contributed by atoms with E-state index in [-0.39, 0.29) is 12.2 Å². The number of hydrogen-bond donors (Lipinski definition) is 5. The number of nitrogens with zero attached hydrogens (tertiary/aromatic N) is 2. The van der Waals surface area contributed by atoms with Crippen molar-refractivity contribution in [3.05, 3.63) is 18.2 Å². The number of aromatic amines is 1. The Hall–Kier alpha value is -2.07. The van der Waals surface area contributed by atoms with E-state index in [1.54, 1.807) is 6.20 Å². The number of carboxylic acids is 1. The van der Waals surface area contributed by atoms with Crippen LogP contribution < -0.4 is 11.1 Å². The lowest BCUT2D eigenvalue weighted by Crippen LogP contribution is -2.55. The molecule has 2 rings (SSSR count). The molecule has 1 aromatic heterocycles. The molecule has 1 saturated heterocycles. The standard InChI is InChI=1S/C14H21N5O4S/c15-9(6-24)12(20)18-10(4-8-5-16-7-17-8)13(21)19-3-1-2-11(19)14(22)23/h5,7,9-11,24H,1-4,6,15H2,(H,16,17)(H,18,20)(H,22,23). The molecule has 1 fully saturated rings. The summed E-state index contributed by atoms with van der Waals surface area (Å²) in [5.41, 5.74) is 6.29. The third kappa shape index (κ3) is 4.26. The van der Waals surface area contributed by atoms with E-state index in [0.717, 1.165) is 0 Å². The Morgan fingerprint density at radius 3 is 2.88 bits per heavy atom. The number of nitrogens with two attached hydrogens (primary N) is 1. The van der Waals surface area contributed by atoms with Crippen LogP contribution in [0.2, 0.25) is 0 Å². The molecule has 5 N–H and O–H groups in total. The molecule has 2 amide bonds. The molecule has 0 saturated carbocycles. The lowest BCUT2D eigenvalue weighted by atomic mass is 10.1. The van der Waals surface area contributed by atoms with E-state index in [2.05, 4.69) is 27.9 Å². The number of hydrogen-bond acceptors (Lipinski definition) is 6. The maximum atomic E-state index is 12.8. The summed E-state index contributed by atoms with van der Waals surface area (Å²) in [7, 11) is 0. The van der Waals surface area contributed by atoms with Crippen LogP contribution in [0.3, 0.4) is 0 Å². The zero-order valence-corrected chi connectivity index (χ0v) is 13.9. The van der Waals surface area contributed by atoms with Crippen molar-refractivity contribution in [1.82, 2.24) is 20.2 Å². The number of imidazole rings is 1. The summed E-state index contributed by atoms with van der Waals surface area (Å²) in [6.07, 6.45) is 4.20. The summed E-state index contributed by atoms with van der Waals surface area (Å²) in [4.78, 5) is 44.2. The molecule has 132 valence electrons. The summed E-state index contributed by atoms with van der Waals surface area (Å²) in [5.74, 6) is -1.85. The van der Waals surface area contributed by atoms with E-state index < -0.39 is 35.9 Å². The van der Waals surface area contributed by atoms with Gasteiger partial charge in [0.25, 0.3) is 0 Å². The highest BCUT2D eigenvalue weighted by atomic mass is 32.1. The van der Waals surface area contributed by atoms with E-state index in [9.17, 15) is 19.5 Å². The van der Waals surface area contributed by atoms with Gasteiger partial charge in [-0.1, -0.05) is 0 Å². The van der Waals surface area contributed by atoms with Crippen LogP contribution in [0.25, 0.3) is 0 Å². The van der Waals surface area contributed by atoms with Crippen LogP contribution in [0.15, 0.2) is 12.5 Å². The summed E-state index contributed by atoms with van der Waals surface area (Å²) in [6, 6.07) is -2.62. The van der Waals surface area contributed by atoms with Gasteiger partial charge < -0.3 is 26.0 Å². The van der Waals surface area contributed by atoms with Gasteiger partial charge in [0, 0.05) is 30.6 Å². The second-order valence-electron chi connectivity index (χ2n) is 5.66. The number of carbonyl (C=O) groups excluding carboxylic acids is 2. The Labute approximate surface area is 144 Å². The Morgan fingerprint density at radius 2 is 2.29 bits per heavy atom. The minimum atomic E-state index is -1.04. The minimum absolute atomic E-state index is 0.137. The third-order valence-corrected chi connectivity index (χ3v) is 4.34. The van der Waals surface area contributed by atoms with E-state index in [1.807, 2.05) is 0 Å². The summed E-state index contributed by atoms with van der Waals surface area (Å²) in [5, 5.41) is 11.8. The largest absolute Gasteiger partial charge is 0.480 e. The van der Waals surface area contributed by atoms with Gasteiger partial charge in [-0.3, -0.25) is 9.59 Å². The molecule has 1 aromatic rings. The molecule has 0 aliphatic carbocycles. The molecule has 0 spiro atoms. The number of aliphatic carboxylic acids is 1. The van der Waals surface area contributed by atoms with Crippen molar-refractivity contribution in [3.8, 4) is 0 Å². The van der Waals surface area contributed by atoms with Crippen molar-refractivity contribution in [2.75, 3.05) is 12.3 Å². The molecule has 24 heavy (non-hydrogen) atoms. The number of likely N-dealkylation sites (tertiary alicyclic amines) is 1. The van der Waals surface area contributed by atoms with Gasteiger partial charge in [-0.05, 0) is 12.8 Å².